The lowest BCUT2D eigenvalue weighted by Gasteiger charge is -2.47. The number of para-hydroxylation sites is 1. The van der Waals surface area contributed by atoms with Gasteiger partial charge in [0.1, 0.15) is 6.17 Å². The van der Waals surface area contributed by atoms with Crippen LogP contribution in [0.25, 0.3) is 0 Å². The molecule has 0 unspecified atom stereocenters. The van der Waals surface area contributed by atoms with Gasteiger partial charge in [-0.3, -0.25) is 4.90 Å². The summed E-state index contributed by atoms with van der Waals surface area (Å²) in [5.74, 6) is 1.59. The number of fused-ring (bicyclic) bond motifs is 5. The summed E-state index contributed by atoms with van der Waals surface area (Å²) >= 11 is 0. The summed E-state index contributed by atoms with van der Waals surface area (Å²) in [5, 5.41) is 3.78. The fourth-order valence-corrected chi connectivity index (χ4v) is 4.71. The molecule has 0 radical (unpaired) electrons. The number of rotatable bonds is 3. The molecule has 2 aliphatic rings. The van der Waals surface area contributed by atoms with Crippen LogP contribution in [0.1, 0.15) is 40.0 Å². The van der Waals surface area contributed by atoms with E-state index < -0.39 is 0 Å². The fourth-order valence-electron chi connectivity index (χ4n) is 4.71. The van der Waals surface area contributed by atoms with Crippen LogP contribution in [0.2, 0.25) is 0 Å². The Morgan fingerprint density at radius 3 is 2.38 bits per heavy atom. The highest BCUT2D eigenvalue weighted by Crippen LogP contribution is 2.48. The Hall–Kier alpha value is -2.98. The van der Waals surface area contributed by atoms with Gasteiger partial charge in [-0.05, 0) is 53.8 Å². The molecule has 148 valence electrons. The van der Waals surface area contributed by atoms with Crippen LogP contribution in [-0.2, 0) is 6.42 Å². The van der Waals surface area contributed by atoms with Crippen molar-refractivity contribution in [3.8, 4) is 11.5 Å². The number of ether oxygens (including phenoxy) is 2. The molecular weight excluding hydrogens is 360 g/mol. The Kier molecular flexibility index (Phi) is 4.44. The molecule has 0 aromatic heterocycles. The lowest BCUT2D eigenvalue weighted by Crippen LogP contribution is -2.45. The van der Waals surface area contributed by atoms with Crippen molar-refractivity contribution < 1.29 is 9.47 Å². The van der Waals surface area contributed by atoms with Crippen LogP contribution in [0.4, 0.5) is 5.69 Å². The van der Waals surface area contributed by atoms with Crippen LogP contribution in [0.15, 0.2) is 60.7 Å². The fraction of sp³-hybridized carbons (Fsp3) is 0.280. The molecule has 0 bridgehead atoms. The highest BCUT2D eigenvalue weighted by Gasteiger charge is 2.39. The van der Waals surface area contributed by atoms with Gasteiger partial charge in [-0.15, -0.1) is 0 Å². The normalized spacial score (nSPS) is 20.1. The molecule has 5 rings (SSSR count). The monoisotopic (exact) mass is 386 g/mol. The quantitative estimate of drug-likeness (QED) is 0.680. The topological polar surface area (TPSA) is 33.7 Å². The number of aryl methyl sites for hydroxylation is 1. The van der Waals surface area contributed by atoms with E-state index in [9.17, 15) is 0 Å². The number of methoxy groups -OCH3 is 2. The smallest absolute Gasteiger partial charge is 0.161 e. The summed E-state index contributed by atoms with van der Waals surface area (Å²) in [6.07, 6.45) is 1.12. The molecule has 2 atom stereocenters. The highest BCUT2D eigenvalue weighted by molar-refractivity contribution is 5.61. The van der Waals surface area contributed by atoms with Crippen molar-refractivity contribution in [3.05, 3.63) is 88.5 Å². The van der Waals surface area contributed by atoms with Crippen LogP contribution in [0.3, 0.4) is 0 Å². The maximum atomic E-state index is 5.64. The second kappa shape index (κ2) is 7.12. The van der Waals surface area contributed by atoms with E-state index in [1.54, 1.807) is 14.2 Å². The molecule has 2 heterocycles. The molecule has 2 aliphatic heterocycles. The van der Waals surface area contributed by atoms with E-state index in [1.807, 2.05) is 0 Å². The van der Waals surface area contributed by atoms with Crippen molar-refractivity contribution in [2.75, 3.05) is 26.1 Å². The summed E-state index contributed by atoms with van der Waals surface area (Å²) in [6, 6.07) is 22.0. The first-order valence-corrected chi connectivity index (χ1v) is 10.1. The maximum absolute atomic E-state index is 5.64. The lowest BCUT2D eigenvalue weighted by molar-refractivity contribution is 0.153. The van der Waals surface area contributed by atoms with Crippen LogP contribution >= 0.6 is 0 Å². The third-order valence-corrected chi connectivity index (χ3v) is 6.18. The van der Waals surface area contributed by atoms with E-state index in [2.05, 4.69) is 77.8 Å². The van der Waals surface area contributed by atoms with E-state index in [4.69, 9.17) is 9.47 Å². The second-order valence-electron chi connectivity index (χ2n) is 7.84. The average Bonchev–Trinajstić information content (AvgIpc) is 2.77. The Balaban J connectivity index is 1.67. The van der Waals surface area contributed by atoms with Crippen LogP contribution < -0.4 is 14.8 Å². The predicted octanol–water partition coefficient (Wildman–Crippen LogP) is 5.08. The van der Waals surface area contributed by atoms with E-state index in [0.717, 1.165) is 24.5 Å². The molecule has 0 spiro atoms. The largest absolute Gasteiger partial charge is 0.493 e. The van der Waals surface area contributed by atoms with Gasteiger partial charge in [-0.1, -0.05) is 48.0 Å². The molecule has 1 N–H and O–H groups in total. The zero-order valence-electron chi connectivity index (χ0n) is 17.1. The number of hydrogen-bond acceptors (Lipinski definition) is 4. The second-order valence-corrected chi connectivity index (χ2v) is 7.84. The Bertz CT molecular complexity index is 1050. The van der Waals surface area contributed by atoms with Crippen molar-refractivity contribution in [1.82, 2.24) is 4.90 Å². The Morgan fingerprint density at radius 2 is 1.62 bits per heavy atom. The molecule has 4 heteroatoms. The predicted molar refractivity (Wildman–Crippen MR) is 116 cm³/mol. The summed E-state index contributed by atoms with van der Waals surface area (Å²) < 4.78 is 11.2. The number of benzene rings is 3. The van der Waals surface area contributed by atoms with Crippen molar-refractivity contribution in [1.29, 1.82) is 0 Å². The van der Waals surface area contributed by atoms with Gasteiger partial charge in [0.15, 0.2) is 11.5 Å². The number of nitrogens with zero attached hydrogens (tertiary/aromatic N) is 1. The Labute approximate surface area is 172 Å². The van der Waals surface area contributed by atoms with Crippen LogP contribution in [0.5, 0.6) is 11.5 Å². The van der Waals surface area contributed by atoms with Crippen LogP contribution in [-0.4, -0.2) is 25.7 Å². The molecule has 0 saturated carbocycles. The number of hydrogen-bond donors (Lipinski definition) is 1. The third kappa shape index (κ3) is 2.95. The van der Waals surface area contributed by atoms with Gasteiger partial charge in [0.05, 0.1) is 20.3 Å². The molecule has 29 heavy (non-hydrogen) atoms. The number of anilines is 1. The molecule has 3 aromatic carbocycles. The van der Waals surface area contributed by atoms with Crippen molar-refractivity contribution >= 4 is 5.69 Å². The number of nitrogens with one attached hydrogen (secondary N) is 1. The van der Waals surface area contributed by atoms with E-state index in [1.165, 1.54) is 33.5 Å². The van der Waals surface area contributed by atoms with Gasteiger partial charge in [-0.25, -0.2) is 0 Å². The van der Waals surface area contributed by atoms with Gasteiger partial charge >= 0.3 is 0 Å². The minimum absolute atomic E-state index is 0.136. The summed E-state index contributed by atoms with van der Waals surface area (Å²) in [6.45, 7) is 3.11. The van der Waals surface area contributed by atoms with Crippen molar-refractivity contribution in [2.24, 2.45) is 0 Å². The van der Waals surface area contributed by atoms with Crippen LogP contribution in [0, 0.1) is 6.92 Å². The van der Waals surface area contributed by atoms with E-state index in [0.29, 0.717) is 0 Å². The molecule has 4 nitrogen and oxygen atoms in total. The van der Waals surface area contributed by atoms with Crippen molar-refractivity contribution in [3.63, 3.8) is 0 Å². The molecule has 0 amide bonds. The van der Waals surface area contributed by atoms with Gasteiger partial charge in [0.2, 0.25) is 0 Å². The minimum atomic E-state index is 0.136. The first-order chi connectivity index (χ1) is 14.2. The van der Waals surface area contributed by atoms with E-state index >= 15 is 0 Å². The SMILES string of the molecule is COc1cc2c(cc1OC)[C@@H]1c3ccccc3N[C@@H](c3ccc(C)cc3)N1CC2. The van der Waals surface area contributed by atoms with Gasteiger partial charge in [-0.2, -0.15) is 0 Å². The zero-order valence-corrected chi connectivity index (χ0v) is 17.1. The molecule has 0 fully saturated rings. The van der Waals surface area contributed by atoms with Gasteiger partial charge < -0.3 is 14.8 Å². The first-order valence-electron chi connectivity index (χ1n) is 10.1. The summed E-state index contributed by atoms with van der Waals surface area (Å²) in [7, 11) is 3.41. The molecular formula is C25H26N2O2. The maximum Gasteiger partial charge on any atom is 0.161 e. The Morgan fingerprint density at radius 1 is 0.897 bits per heavy atom. The third-order valence-electron chi connectivity index (χ3n) is 6.18. The molecule has 0 saturated heterocycles. The standard InChI is InChI=1S/C25H26N2O2/c1-16-8-10-17(11-9-16)25-26-21-7-5-4-6-19(21)24-20-15-23(29-3)22(28-2)14-18(20)12-13-27(24)25/h4-11,14-15,24-26H,12-13H2,1-3H3/t24-,25+/m0/s1. The minimum Gasteiger partial charge on any atom is -0.493 e. The van der Waals surface area contributed by atoms with E-state index in [-0.39, 0.29) is 12.2 Å². The highest BCUT2D eigenvalue weighted by atomic mass is 16.5. The molecule has 0 aliphatic carbocycles. The van der Waals surface area contributed by atoms with Gasteiger partial charge in [0, 0.05) is 12.2 Å². The summed E-state index contributed by atoms with van der Waals surface area (Å²) in [5.41, 5.74) is 7.72. The first kappa shape index (κ1) is 18.1. The van der Waals surface area contributed by atoms with Crippen molar-refractivity contribution in [2.45, 2.75) is 25.6 Å². The van der Waals surface area contributed by atoms with Gasteiger partial charge in [0.25, 0.3) is 0 Å². The summed E-state index contributed by atoms with van der Waals surface area (Å²) in [4.78, 5) is 2.57. The molecule has 3 aromatic rings. The lowest BCUT2D eigenvalue weighted by atomic mass is 9.84. The zero-order chi connectivity index (χ0) is 20.0. The average molecular weight is 386 g/mol.